The highest BCUT2D eigenvalue weighted by Crippen LogP contribution is 2.22. The molecular formula is C20H28N2O3. The number of benzene rings is 1. The van der Waals surface area contributed by atoms with Crippen molar-refractivity contribution in [3.63, 3.8) is 0 Å². The van der Waals surface area contributed by atoms with Crippen LogP contribution in [0.3, 0.4) is 0 Å². The second-order valence-corrected chi connectivity index (χ2v) is 7.21. The van der Waals surface area contributed by atoms with Crippen molar-refractivity contribution in [2.75, 3.05) is 13.1 Å². The molecule has 3 unspecified atom stereocenters. The molecule has 2 fully saturated rings. The Morgan fingerprint density at radius 1 is 1.20 bits per heavy atom. The Morgan fingerprint density at radius 3 is 2.72 bits per heavy atom. The smallest absolute Gasteiger partial charge is 0.253 e. The summed E-state index contributed by atoms with van der Waals surface area (Å²) in [6.45, 7) is 3.44. The number of likely N-dealkylation sites (tertiary alicyclic amines) is 1. The minimum atomic E-state index is 0.0490. The molecule has 3 rings (SSSR count). The van der Waals surface area contributed by atoms with Gasteiger partial charge in [-0.05, 0) is 51.2 Å². The second kappa shape index (κ2) is 8.48. The summed E-state index contributed by atoms with van der Waals surface area (Å²) in [7, 11) is 0. The van der Waals surface area contributed by atoms with E-state index in [1.54, 1.807) is 0 Å². The monoisotopic (exact) mass is 344 g/mol. The molecule has 0 saturated carbocycles. The Kier molecular flexibility index (Phi) is 6.08. The minimum absolute atomic E-state index is 0.0490. The van der Waals surface area contributed by atoms with Crippen LogP contribution in [-0.4, -0.2) is 48.1 Å². The molecule has 5 heteroatoms. The predicted molar refractivity (Wildman–Crippen MR) is 96.3 cm³/mol. The zero-order chi connectivity index (χ0) is 17.6. The van der Waals surface area contributed by atoms with E-state index in [0.29, 0.717) is 24.6 Å². The standard InChI is InChI=1S/C20H28N2O3/c1-15-9-10-18(25-15)11-12-19(23)21-17-8-5-13-22(14-17)20(24)16-6-3-2-4-7-16/h2-4,6-7,15,17-18H,5,8-14H2,1H3,(H,21,23). The highest BCUT2D eigenvalue weighted by molar-refractivity contribution is 5.94. The number of carbonyl (C=O) groups excluding carboxylic acids is 2. The molecule has 1 aromatic carbocycles. The predicted octanol–water partition coefficient (Wildman–Crippen LogP) is 2.76. The van der Waals surface area contributed by atoms with Crippen molar-refractivity contribution in [2.24, 2.45) is 0 Å². The lowest BCUT2D eigenvalue weighted by Gasteiger charge is -2.33. The Labute approximate surface area is 149 Å². The number of piperidine rings is 1. The van der Waals surface area contributed by atoms with Gasteiger partial charge in [0, 0.05) is 31.1 Å². The van der Waals surface area contributed by atoms with Crippen molar-refractivity contribution < 1.29 is 14.3 Å². The van der Waals surface area contributed by atoms with Gasteiger partial charge in [-0.3, -0.25) is 9.59 Å². The molecule has 2 aliphatic heterocycles. The van der Waals surface area contributed by atoms with Crippen molar-refractivity contribution in [3.8, 4) is 0 Å². The number of nitrogens with zero attached hydrogens (tertiary/aromatic N) is 1. The maximum atomic E-state index is 12.6. The first-order valence-electron chi connectivity index (χ1n) is 9.41. The zero-order valence-corrected chi connectivity index (χ0v) is 14.9. The fraction of sp³-hybridized carbons (Fsp3) is 0.600. The lowest BCUT2D eigenvalue weighted by Crippen LogP contribution is -2.49. The lowest BCUT2D eigenvalue weighted by molar-refractivity contribution is -0.122. The molecule has 3 atom stereocenters. The zero-order valence-electron chi connectivity index (χ0n) is 14.9. The second-order valence-electron chi connectivity index (χ2n) is 7.21. The average molecular weight is 344 g/mol. The summed E-state index contributed by atoms with van der Waals surface area (Å²) < 4.78 is 5.77. The molecule has 0 bridgehead atoms. The topological polar surface area (TPSA) is 58.6 Å². The molecule has 5 nitrogen and oxygen atoms in total. The maximum absolute atomic E-state index is 12.6. The molecule has 0 radical (unpaired) electrons. The third kappa shape index (κ3) is 5.05. The van der Waals surface area contributed by atoms with Gasteiger partial charge in [0.2, 0.25) is 5.91 Å². The Bertz CT molecular complexity index is 590. The van der Waals surface area contributed by atoms with Crippen molar-refractivity contribution in [2.45, 2.75) is 63.7 Å². The van der Waals surface area contributed by atoms with Gasteiger partial charge in [0.1, 0.15) is 0 Å². The molecule has 1 N–H and O–H groups in total. The van der Waals surface area contributed by atoms with Crippen LogP contribution in [0.25, 0.3) is 0 Å². The first-order valence-corrected chi connectivity index (χ1v) is 9.41. The number of rotatable bonds is 5. The van der Waals surface area contributed by atoms with Crippen LogP contribution in [0.4, 0.5) is 0 Å². The quantitative estimate of drug-likeness (QED) is 0.893. The van der Waals surface area contributed by atoms with Gasteiger partial charge in [-0.25, -0.2) is 0 Å². The minimum Gasteiger partial charge on any atom is -0.375 e. The first kappa shape index (κ1) is 17.9. The summed E-state index contributed by atoms with van der Waals surface area (Å²) in [5, 5.41) is 3.10. The molecule has 2 heterocycles. The SMILES string of the molecule is CC1CCC(CCC(=O)NC2CCCN(C(=O)c3ccccc3)C2)O1. The van der Waals surface area contributed by atoms with Gasteiger partial charge < -0.3 is 15.0 Å². The van der Waals surface area contributed by atoms with E-state index < -0.39 is 0 Å². The van der Waals surface area contributed by atoms with Gasteiger partial charge in [0.05, 0.1) is 12.2 Å². The molecule has 2 aliphatic rings. The van der Waals surface area contributed by atoms with E-state index in [1.165, 1.54) is 0 Å². The normalized spacial score (nSPS) is 26.4. The summed E-state index contributed by atoms with van der Waals surface area (Å²) in [6, 6.07) is 9.40. The van der Waals surface area contributed by atoms with Gasteiger partial charge in [-0.1, -0.05) is 18.2 Å². The molecule has 0 aromatic heterocycles. The van der Waals surface area contributed by atoms with Crippen LogP contribution in [0.1, 0.15) is 55.8 Å². The molecule has 1 aromatic rings. The van der Waals surface area contributed by atoms with Crippen LogP contribution in [0.2, 0.25) is 0 Å². The van der Waals surface area contributed by atoms with Crippen molar-refractivity contribution in [3.05, 3.63) is 35.9 Å². The van der Waals surface area contributed by atoms with Gasteiger partial charge in [0.25, 0.3) is 5.91 Å². The number of nitrogens with one attached hydrogen (secondary N) is 1. The number of carbonyl (C=O) groups is 2. The number of amides is 2. The van der Waals surface area contributed by atoms with Crippen LogP contribution >= 0.6 is 0 Å². The van der Waals surface area contributed by atoms with E-state index in [9.17, 15) is 9.59 Å². The maximum Gasteiger partial charge on any atom is 0.253 e. The molecule has 0 spiro atoms. The third-order valence-electron chi connectivity index (χ3n) is 5.11. The summed E-state index contributed by atoms with van der Waals surface area (Å²) in [5.74, 6) is 0.120. The van der Waals surface area contributed by atoms with Crippen LogP contribution < -0.4 is 5.32 Å². The van der Waals surface area contributed by atoms with Gasteiger partial charge in [-0.15, -0.1) is 0 Å². The van der Waals surface area contributed by atoms with Gasteiger partial charge in [-0.2, -0.15) is 0 Å². The van der Waals surface area contributed by atoms with Crippen LogP contribution in [-0.2, 0) is 9.53 Å². The summed E-state index contributed by atoms with van der Waals surface area (Å²) in [4.78, 5) is 26.6. The third-order valence-corrected chi connectivity index (χ3v) is 5.11. The fourth-order valence-electron chi connectivity index (χ4n) is 3.73. The summed E-state index contributed by atoms with van der Waals surface area (Å²) in [6.07, 6.45) is 5.83. The van der Waals surface area contributed by atoms with Gasteiger partial charge in [0.15, 0.2) is 0 Å². The van der Waals surface area contributed by atoms with E-state index >= 15 is 0 Å². The Hall–Kier alpha value is -1.88. The van der Waals surface area contributed by atoms with Crippen molar-refractivity contribution >= 4 is 11.8 Å². The molecule has 25 heavy (non-hydrogen) atoms. The number of hydrogen-bond acceptors (Lipinski definition) is 3. The number of ether oxygens (including phenoxy) is 1. The van der Waals surface area contributed by atoms with Crippen LogP contribution in [0, 0.1) is 0 Å². The first-order chi connectivity index (χ1) is 12.1. The Balaban J connectivity index is 1.45. The van der Waals surface area contributed by atoms with Gasteiger partial charge >= 0.3 is 0 Å². The lowest BCUT2D eigenvalue weighted by atomic mass is 10.0. The molecule has 2 amide bonds. The van der Waals surface area contributed by atoms with Crippen molar-refractivity contribution in [1.82, 2.24) is 10.2 Å². The number of hydrogen-bond donors (Lipinski definition) is 1. The summed E-state index contributed by atoms with van der Waals surface area (Å²) in [5.41, 5.74) is 0.710. The van der Waals surface area contributed by atoms with E-state index in [-0.39, 0.29) is 24.0 Å². The highest BCUT2D eigenvalue weighted by atomic mass is 16.5. The molecular weight excluding hydrogens is 316 g/mol. The van der Waals surface area contributed by atoms with Crippen molar-refractivity contribution in [1.29, 1.82) is 0 Å². The molecule has 136 valence electrons. The van der Waals surface area contributed by atoms with Crippen LogP contribution in [0.5, 0.6) is 0 Å². The average Bonchev–Trinajstić information content (AvgIpc) is 3.06. The summed E-state index contributed by atoms with van der Waals surface area (Å²) >= 11 is 0. The largest absolute Gasteiger partial charge is 0.375 e. The molecule has 0 aliphatic carbocycles. The van der Waals surface area contributed by atoms with Crippen LogP contribution in [0.15, 0.2) is 30.3 Å². The van der Waals surface area contributed by atoms with E-state index in [1.807, 2.05) is 35.2 Å². The molecule has 2 saturated heterocycles. The van der Waals surface area contributed by atoms with E-state index in [2.05, 4.69) is 12.2 Å². The highest BCUT2D eigenvalue weighted by Gasteiger charge is 2.26. The van der Waals surface area contributed by atoms with E-state index in [4.69, 9.17) is 4.74 Å². The Morgan fingerprint density at radius 2 is 2.00 bits per heavy atom. The fourth-order valence-corrected chi connectivity index (χ4v) is 3.73. The van der Waals surface area contributed by atoms with E-state index in [0.717, 1.165) is 38.6 Å².